The summed E-state index contributed by atoms with van der Waals surface area (Å²) in [7, 11) is 0. The number of carbonyl (C=O) groups is 3. The lowest BCUT2D eigenvalue weighted by atomic mass is 10.1. The fourth-order valence-electron chi connectivity index (χ4n) is 2.00. The molecular formula is C18H23BrN4O5. The van der Waals surface area contributed by atoms with E-state index >= 15 is 0 Å². The molecule has 0 aliphatic rings. The molecule has 1 aromatic rings. The first-order chi connectivity index (χ1) is 12.9. The first kappa shape index (κ1) is 23.0. The zero-order valence-electron chi connectivity index (χ0n) is 15.7. The molecule has 0 saturated carbocycles. The third kappa shape index (κ3) is 7.70. The van der Waals surface area contributed by atoms with Crippen LogP contribution in [0.25, 0.3) is 0 Å². The average molecular weight is 455 g/mol. The number of ether oxygens (including phenoxy) is 1. The number of halogens is 1. The molecule has 28 heavy (non-hydrogen) atoms. The quantitative estimate of drug-likeness (QED) is 0.191. The molecule has 1 rings (SSSR count). The number of ketones is 1. The van der Waals surface area contributed by atoms with Crippen LogP contribution in [0.4, 0.5) is 16.2 Å². The van der Waals surface area contributed by atoms with Gasteiger partial charge in [-0.15, -0.1) is 0 Å². The second-order valence-corrected chi connectivity index (χ2v) is 7.54. The minimum absolute atomic E-state index is 0.245. The Bertz CT molecular complexity index is 824. The van der Waals surface area contributed by atoms with Gasteiger partial charge in [0.15, 0.2) is 11.7 Å². The third-order valence-electron chi connectivity index (χ3n) is 3.05. The van der Waals surface area contributed by atoms with E-state index in [2.05, 4.69) is 26.6 Å². The number of amides is 2. The molecule has 0 saturated heterocycles. The van der Waals surface area contributed by atoms with Gasteiger partial charge in [0.05, 0.1) is 23.4 Å². The van der Waals surface area contributed by atoms with Crippen molar-refractivity contribution in [2.45, 2.75) is 32.8 Å². The second-order valence-electron chi connectivity index (χ2n) is 6.62. The minimum Gasteiger partial charge on any atom is -0.494 e. The second kappa shape index (κ2) is 9.79. The van der Waals surface area contributed by atoms with E-state index in [1.807, 2.05) is 0 Å². The van der Waals surface area contributed by atoms with Crippen LogP contribution in [0.3, 0.4) is 0 Å². The number of Topliss-reactive ketones (excluding diaryl/α,β-unsaturated/α-hetero) is 1. The molecule has 0 fully saturated rings. The molecule has 0 aliphatic carbocycles. The van der Waals surface area contributed by atoms with Crippen LogP contribution in [0.1, 0.15) is 27.2 Å². The lowest BCUT2D eigenvalue weighted by molar-refractivity contribution is -0.123. The van der Waals surface area contributed by atoms with E-state index in [-0.39, 0.29) is 16.9 Å². The van der Waals surface area contributed by atoms with Crippen molar-refractivity contribution in [2.24, 2.45) is 11.5 Å². The van der Waals surface area contributed by atoms with Gasteiger partial charge < -0.3 is 26.6 Å². The van der Waals surface area contributed by atoms with Gasteiger partial charge in [0.2, 0.25) is 5.91 Å². The van der Waals surface area contributed by atoms with Crippen LogP contribution in [0.15, 0.2) is 46.4 Å². The van der Waals surface area contributed by atoms with E-state index in [0.29, 0.717) is 4.47 Å². The molecule has 0 atom stereocenters. The number of aliphatic hydroxyl groups excluding tert-OH is 1. The standard InChI is InChI=1S/C18H23BrN4O5/c1-18(2,3)28-17(27)23-12-5-4-10(19)8-13(12)22-15(25)9-14(24)11(6-7-20)16(21)26/h4-8,26H,9,20-21H2,1-3H3,(H,22,25)(H,23,27)/b7-6-,16-11-. The molecule has 0 heterocycles. The Hall–Kier alpha value is -3.01. The Kier molecular flexibility index (Phi) is 8.05. The number of anilines is 2. The summed E-state index contributed by atoms with van der Waals surface area (Å²) in [4.78, 5) is 36.3. The maximum absolute atomic E-state index is 12.2. The van der Waals surface area contributed by atoms with Gasteiger partial charge >= 0.3 is 6.09 Å². The highest BCUT2D eigenvalue weighted by Gasteiger charge is 2.19. The molecular weight excluding hydrogens is 432 g/mol. The van der Waals surface area contributed by atoms with Crippen molar-refractivity contribution in [1.29, 1.82) is 0 Å². The molecule has 7 N–H and O–H groups in total. The van der Waals surface area contributed by atoms with E-state index in [4.69, 9.17) is 16.2 Å². The van der Waals surface area contributed by atoms with Gasteiger partial charge in [-0.2, -0.15) is 0 Å². The summed E-state index contributed by atoms with van der Waals surface area (Å²) in [6.45, 7) is 5.16. The van der Waals surface area contributed by atoms with Gasteiger partial charge in [-0.3, -0.25) is 14.9 Å². The van der Waals surface area contributed by atoms with Crippen LogP contribution in [0, 0.1) is 0 Å². The summed E-state index contributed by atoms with van der Waals surface area (Å²) in [5.41, 5.74) is 9.95. The van der Waals surface area contributed by atoms with Crippen molar-refractivity contribution < 1.29 is 24.2 Å². The zero-order valence-corrected chi connectivity index (χ0v) is 17.3. The third-order valence-corrected chi connectivity index (χ3v) is 3.54. The van der Waals surface area contributed by atoms with Gasteiger partial charge in [-0.25, -0.2) is 4.79 Å². The fourth-order valence-corrected chi connectivity index (χ4v) is 2.36. The summed E-state index contributed by atoms with van der Waals surface area (Å²) in [5.74, 6) is -2.15. The van der Waals surface area contributed by atoms with Gasteiger partial charge in [0, 0.05) is 4.47 Å². The van der Waals surface area contributed by atoms with Crippen molar-refractivity contribution in [1.82, 2.24) is 0 Å². The molecule has 0 radical (unpaired) electrons. The molecule has 0 aromatic heterocycles. The van der Waals surface area contributed by atoms with Crippen LogP contribution in [-0.2, 0) is 14.3 Å². The first-order valence-electron chi connectivity index (χ1n) is 8.12. The SMILES string of the molecule is CC(C)(C)OC(=O)Nc1ccc(Br)cc1NC(=O)CC(=O)C(/C=C\N)=C(/N)O. The number of carbonyl (C=O) groups excluding carboxylic acids is 3. The van der Waals surface area contributed by atoms with E-state index < -0.39 is 35.7 Å². The Balaban J connectivity index is 2.95. The molecule has 9 nitrogen and oxygen atoms in total. The summed E-state index contributed by atoms with van der Waals surface area (Å²) in [6, 6.07) is 4.76. The molecule has 0 bridgehead atoms. The normalized spacial score (nSPS) is 12.3. The summed E-state index contributed by atoms with van der Waals surface area (Å²) < 4.78 is 5.82. The summed E-state index contributed by atoms with van der Waals surface area (Å²) in [5, 5.41) is 14.4. The van der Waals surface area contributed by atoms with Crippen LogP contribution in [0.2, 0.25) is 0 Å². The van der Waals surface area contributed by atoms with Crippen molar-refractivity contribution in [3.8, 4) is 0 Å². The molecule has 1 aromatic carbocycles. The highest BCUT2D eigenvalue weighted by Crippen LogP contribution is 2.27. The number of nitrogens with two attached hydrogens (primary N) is 2. The zero-order chi connectivity index (χ0) is 21.5. The van der Waals surface area contributed by atoms with Crippen LogP contribution in [-0.4, -0.2) is 28.5 Å². The van der Waals surface area contributed by atoms with Crippen molar-refractivity contribution in [2.75, 3.05) is 10.6 Å². The Morgan fingerprint density at radius 1 is 1.21 bits per heavy atom. The monoisotopic (exact) mass is 454 g/mol. The Morgan fingerprint density at radius 2 is 1.86 bits per heavy atom. The van der Waals surface area contributed by atoms with Crippen LogP contribution < -0.4 is 22.1 Å². The van der Waals surface area contributed by atoms with Gasteiger partial charge in [0.1, 0.15) is 5.60 Å². The number of allylic oxidation sites excluding steroid dienone is 2. The summed E-state index contributed by atoms with van der Waals surface area (Å²) >= 11 is 3.27. The number of benzene rings is 1. The van der Waals surface area contributed by atoms with E-state index in [9.17, 15) is 19.5 Å². The lowest BCUT2D eigenvalue weighted by Gasteiger charge is -2.20. The molecule has 2 amide bonds. The molecule has 0 aliphatic heterocycles. The Labute approximate surface area is 170 Å². The Morgan fingerprint density at radius 3 is 2.39 bits per heavy atom. The van der Waals surface area contributed by atoms with Gasteiger partial charge in [-0.05, 0) is 51.2 Å². The maximum Gasteiger partial charge on any atom is 0.412 e. The van der Waals surface area contributed by atoms with E-state index in [1.54, 1.807) is 39.0 Å². The molecule has 10 heteroatoms. The fraction of sp³-hybridized carbons (Fsp3) is 0.278. The highest BCUT2D eigenvalue weighted by atomic mass is 79.9. The smallest absolute Gasteiger partial charge is 0.412 e. The number of hydrogen-bond acceptors (Lipinski definition) is 7. The average Bonchev–Trinajstić information content (AvgIpc) is 2.52. The van der Waals surface area contributed by atoms with Gasteiger partial charge in [-0.1, -0.05) is 15.9 Å². The number of aliphatic hydroxyl groups is 1. The first-order valence-corrected chi connectivity index (χ1v) is 8.92. The van der Waals surface area contributed by atoms with Crippen LogP contribution >= 0.6 is 15.9 Å². The van der Waals surface area contributed by atoms with Crippen molar-refractivity contribution in [3.05, 3.63) is 46.4 Å². The molecule has 0 unspecified atom stereocenters. The van der Waals surface area contributed by atoms with E-state index in [1.165, 1.54) is 0 Å². The topological polar surface area (TPSA) is 157 Å². The van der Waals surface area contributed by atoms with Crippen molar-refractivity contribution >= 4 is 45.1 Å². The number of hydrogen-bond donors (Lipinski definition) is 5. The number of nitrogens with one attached hydrogen (secondary N) is 2. The minimum atomic E-state index is -0.741. The lowest BCUT2D eigenvalue weighted by Crippen LogP contribution is -2.27. The predicted molar refractivity (Wildman–Crippen MR) is 109 cm³/mol. The number of rotatable bonds is 6. The summed E-state index contributed by atoms with van der Waals surface area (Å²) in [6.07, 6.45) is 0.817. The largest absolute Gasteiger partial charge is 0.494 e. The molecule has 0 spiro atoms. The van der Waals surface area contributed by atoms with E-state index in [0.717, 1.165) is 12.3 Å². The maximum atomic E-state index is 12.2. The van der Waals surface area contributed by atoms with Gasteiger partial charge in [0.25, 0.3) is 0 Å². The predicted octanol–water partition coefficient (Wildman–Crippen LogP) is 2.89. The van der Waals surface area contributed by atoms with Crippen LogP contribution in [0.5, 0.6) is 0 Å². The highest BCUT2D eigenvalue weighted by molar-refractivity contribution is 9.10. The van der Waals surface area contributed by atoms with Crippen molar-refractivity contribution in [3.63, 3.8) is 0 Å². The molecule has 152 valence electrons.